The van der Waals surface area contributed by atoms with Crippen LogP contribution in [0.1, 0.15) is 12.0 Å². The van der Waals surface area contributed by atoms with Crippen LogP contribution in [0.3, 0.4) is 0 Å². The number of nitrogens with one attached hydrogen (secondary N) is 1. The molecule has 1 heterocycles. The van der Waals surface area contributed by atoms with E-state index in [0.717, 1.165) is 25.9 Å². The predicted octanol–water partition coefficient (Wildman–Crippen LogP) is 0.953. The first-order valence-corrected chi connectivity index (χ1v) is 4.76. The second-order valence-corrected chi connectivity index (χ2v) is 3.81. The number of β-amino-alcohol motifs (C(OH)–C–C–N with tert-alkyl or cyclic N) is 1. The Bertz CT molecular complexity index is 267. The largest absolute Gasteiger partial charge is 0.387 e. The number of aliphatic hydroxyl groups is 1. The van der Waals surface area contributed by atoms with Crippen LogP contribution in [0.15, 0.2) is 30.3 Å². The molecule has 0 saturated carbocycles. The fraction of sp³-hybridized carbons (Fsp3) is 0.455. The number of benzene rings is 1. The summed E-state index contributed by atoms with van der Waals surface area (Å²) < 4.78 is 0. The molecule has 0 aromatic heterocycles. The van der Waals surface area contributed by atoms with Crippen molar-refractivity contribution in [3.05, 3.63) is 35.9 Å². The van der Waals surface area contributed by atoms with Gasteiger partial charge in [0.15, 0.2) is 0 Å². The molecule has 1 saturated heterocycles. The zero-order chi connectivity index (χ0) is 9.15. The zero-order valence-electron chi connectivity index (χ0n) is 7.66. The van der Waals surface area contributed by atoms with Gasteiger partial charge in [0.2, 0.25) is 0 Å². The Morgan fingerprint density at radius 2 is 1.92 bits per heavy atom. The number of hydrogen-bond donors (Lipinski definition) is 2. The van der Waals surface area contributed by atoms with Crippen molar-refractivity contribution < 1.29 is 5.11 Å². The molecule has 1 aromatic carbocycles. The molecule has 0 spiro atoms. The molecule has 1 aliphatic heterocycles. The molecule has 0 bridgehead atoms. The summed E-state index contributed by atoms with van der Waals surface area (Å²) in [5, 5.41) is 12.9. The molecule has 70 valence electrons. The Kier molecular flexibility index (Phi) is 2.34. The molecule has 0 radical (unpaired) electrons. The number of hydrogen-bond acceptors (Lipinski definition) is 2. The molecule has 13 heavy (non-hydrogen) atoms. The van der Waals surface area contributed by atoms with Crippen LogP contribution in [0.2, 0.25) is 0 Å². The van der Waals surface area contributed by atoms with Gasteiger partial charge < -0.3 is 10.4 Å². The van der Waals surface area contributed by atoms with Crippen molar-refractivity contribution in [1.29, 1.82) is 0 Å². The molecule has 2 rings (SSSR count). The van der Waals surface area contributed by atoms with Gasteiger partial charge in [0.25, 0.3) is 0 Å². The minimum absolute atomic E-state index is 0.435. The summed E-state index contributed by atoms with van der Waals surface area (Å²) in [5.41, 5.74) is 0.873. The van der Waals surface area contributed by atoms with E-state index in [1.54, 1.807) is 0 Å². The van der Waals surface area contributed by atoms with Crippen molar-refractivity contribution in [1.82, 2.24) is 5.32 Å². The fourth-order valence-corrected chi connectivity index (χ4v) is 1.61. The molecular formula is C11H15NO. The Balaban J connectivity index is 1.86. The second kappa shape index (κ2) is 3.48. The molecule has 2 heteroatoms. The maximum atomic E-state index is 9.81. The highest BCUT2D eigenvalue weighted by Gasteiger charge is 2.33. The highest BCUT2D eigenvalue weighted by molar-refractivity contribution is 5.15. The van der Waals surface area contributed by atoms with Crippen LogP contribution in [-0.2, 0) is 6.42 Å². The van der Waals surface area contributed by atoms with Crippen LogP contribution in [0, 0.1) is 0 Å². The van der Waals surface area contributed by atoms with E-state index >= 15 is 0 Å². The molecule has 1 aromatic rings. The van der Waals surface area contributed by atoms with E-state index < -0.39 is 5.60 Å². The quantitative estimate of drug-likeness (QED) is 0.720. The van der Waals surface area contributed by atoms with Crippen LogP contribution in [0.4, 0.5) is 0 Å². The fourth-order valence-electron chi connectivity index (χ4n) is 1.61. The summed E-state index contributed by atoms with van der Waals surface area (Å²) >= 11 is 0. The first-order chi connectivity index (χ1) is 6.29. The average molecular weight is 177 g/mol. The normalized spacial score (nSPS) is 19.5. The summed E-state index contributed by atoms with van der Waals surface area (Å²) in [6.45, 7) is 1.50. The first kappa shape index (κ1) is 8.73. The second-order valence-electron chi connectivity index (χ2n) is 3.81. The standard InChI is InChI=1S/C11H15NO/c13-11(8-12-9-11)7-6-10-4-2-1-3-5-10/h1-5,12-13H,6-9H2. The summed E-state index contributed by atoms with van der Waals surface area (Å²) in [6.07, 6.45) is 1.84. The Hall–Kier alpha value is -0.860. The van der Waals surface area contributed by atoms with Crippen molar-refractivity contribution in [3.63, 3.8) is 0 Å². The molecule has 1 fully saturated rings. The topological polar surface area (TPSA) is 32.3 Å². The highest BCUT2D eigenvalue weighted by atomic mass is 16.3. The van der Waals surface area contributed by atoms with Crippen molar-refractivity contribution in [3.8, 4) is 0 Å². The minimum Gasteiger partial charge on any atom is -0.387 e. The van der Waals surface area contributed by atoms with E-state index in [9.17, 15) is 5.11 Å². The van der Waals surface area contributed by atoms with Gasteiger partial charge in [-0.1, -0.05) is 30.3 Å². The van der Waals surface area contributed by atoms with E-state index in [1.165, 1.54) is 5.56 Å². The van der Waals surface area contributed by atoms with E-state index in [1.807, 2.05) is 18.2 Å². The van der Waals surface area contributed by atoms with Crippen LogP contribution in [0.25, 0.3) is 0 Å². The maximum absolute atomic E-state index is 9.81. The summed E-state index contributed by atoms with van der Waals surface area (Å²) in [6, 6.07) is 10.3. The molecule has 2 nitrogen and oxygen atoms in total. The maximum Gasteiger partial charge on any atom is 0.0898 e. The van der Waals surface area contributed by atoms with Gasteiger partial charge in [-0.05, 0) is 18.4 Å². The van der Waals surface area contributed by atoms with Crippen molar-refractivity contribution >= 4 is 0 Å². The average Bonchev–Trinajstić information content (AvgIpc) is 2.13. The van der Waals surface area contributed by atoms with Gasteiger partial charge in [-0.15, -0.1) is 0 Å². The summed E-state index contributed by atoms with van der Waals surface area (Å²) in [7, 11) is 0. The van der Waals surface area contributed by atoms with Crippen LogP contribution in [0.5, 0.6) is 0 Å². The summed E-state index contributed by atoms with van der Waals surface area (Å²) in [4.78, 5) is 0. The third-order valence-electron chi connectivity index (χ3n) is 2.63. The van der Waals surface area contributed by atoms with E-state index in [0.29, 0.717) is 0 Å². The van der Waals surface area contributed by atoms with Gasteiger partial charge >= 0.3 is 0 Å². The summed E-state index contributed by atoms with van der Waals surface area (Å²) in [5.74, 6) is 0. The zero-order valence-corrected chi connectivity index (χ0v) is 7.66. The monoisotopic (exact) mass is 177 g/mol. The molecular weight excluding hydrogens is 162 g/mol. The van der Waals surface area contributed by atoms with Gasteiger partial charge in [0, 0.05) is 13.1 Å². The molecule has 1 aliphatic rings. The van der Waals surface area contributed by atoms with Gasteiger partial charge in [-0.2, -0.15) is 0 Å². The Labute approximate surface area is 78.6 Å². The number of aryl methyl sites for hydroxylation is 1. The van der Waals surface area contributed by atoms with E-state index in [4.69, 9.17) is 0 Å². The van der Waals surface area contributed by atoms with Gasteiger partial charge in [-0.25, -0.2) is 0 Å². The van der Waals surface area contributed by atoms with Gasteiger partial charge in [0.1, 0.15) is 0 Å². The lowest BCUT2D eigenvalue weighted by Crippen LogP contribution is -2.59. The van der Waals surface area contributed by atoms with Crippen molar-refractivity contribution in [2.75, 3.05) is 13.1 Å². The van der Waals surface area contributed by atoms with E-state index in [-0.39, 0.29) is 0 Å². The molecule has 2 N–H and O–H groups in total. The van der Waals surface area contributed by atoms with E-state index in [2.05, 4.69) is 17.4 Å². The Morgan fingerprint density at radius 1 is 1.23 bits per heavy atom. The van der Waals surface area contributed by atoms with Crippen LogP contribution >= 0.6 is 0 Å². The lowest BCUT2D eigenvalue weighted by molar-refractivity contribution is -0.0167. The number of rotatable bonds is 3. The molecule has 0 aliphatic carbocycles. The molecule has 0 unspecified atom stereocenters. The lowest BCUT2D eigenvalue weighted by atomic mass is 9.90. The van der Waals surface area contributed by atoms with Crippen LogP contribution < -0.4 is 5.32 Å². The van der Waals surface area contributed by atoms with Gasteiger partial charge in [0.05, 0.1) is 5.60 Å². The molecule has 0 atom stereocenters. The third kappa shape index (κ3) is 2.08. The van der Waals surface area contributed by atoms with Crippen molar-refractivity contribution in [2.24, 2.45) is 0 Å². The van der Waals surface area contributed by atoms with Crippen LogP contribution in [-0.4, -0.2) is 23.8 Å². The molecule has 0 amide bonds. The smallest absolute Gasteiger partial charge is 0.0898 e. The third-order valence-corrected chi connectivity index (χ3v) is 2.63. The lowest BCUT2D eigenvalue weighted by Gasteiger charge is -2.37. The Morgan fingerprint density at radius 3 is 2.46 bits per heavy atom. The predicted molar refractivity (Wildman–Crippen MR) is 52.6 cm³/mol. The SMILES string of the molecule is OC1(CCc2ccccc2)CNC1. The minimum atomic E-state index is -0.435. The first-order valence-electron chi connectivity index (χ1n) is 4.76. The van der Waals surface area contributed by atoms with Gasteiger partial charge in [-0.3, -0.25) is 0 Å². The van der Waals surface area contributed by atoms with Crippen molar-refractivity contribution in [2.45, 2.75) is 18.4 Å². The highest BCUT2D eigenvalue weighted by Crippen LogP contribution is 2.18.